The first-order chi connectivity index (χ1) is 11.2. The molecular weight excluding hydrogens is 296 g/mol. The molecule has 0 fully saturated rings. The van der Waals surface area contributed by atoms with Crippen LogP contribution in [0.5, 0.6) is 0 Å². The fourth-order valence-electron chi connectivity index (χ4n) is 2.08. The van der Waals surface area contributed by atoms with Crippen LogP contribution >= 0.6 is 0 Å². The number of nitrogens with one attached hydrogen (secondary N) is 1. The first-order valence-electron chi connectivity index (χ1n) is 7.90. The highest BCUT2D eigenvalue weighted by Crippen LogP contribution is 2.10. The van der Waals surface area contributed by atoms with E-state index in [4.69, 9.17) is 9.94 Å². The minimum atomic E-state index is -0.572. The predicted molar refractivity (Wildman–Crippen MR) is 88.6 cm³/mol. The van der Waals surface area contributed by atoms with Gasteiger partial charge in [-0.25, -0.2) is 4.79 Å². The molecule has 0 aliphatic heterocycles. The molecule has 1 amide bonds. The predicted octanol–water partition coefficient (Wildman–Crippen LogP) is 3.36. The van der Waals surface area contributed by atoms with E-state index < -0.39 is 5.97 Å². The summed E-state index contributed by atoms with van der Waals surface area (Å²) in [6.45, 7) is 1.96. The van der Waals surface area contributed by atoms with Gasteiger partial charge in [-0.3, -0.25) is 4.79 Å². The van der Waals surface area contributed by atoms with Crippen molar-refractivity contribution in [1.29, 1.82) is 0 Å². The molecule has 6 nitrogen and oxygen atoms in total. The number of para-hydroxylation sites is 1. The Kier molecular flexibility index (Phi) is 9.12. The Labute approximate surface area is 136 Å². The van der Waals surface area contributed by atoms with Gasteiger partial charge in [0.25, 0.3) is 0 Å². The summed E-state index contributed by atoms with van der Waals surface area (Å²) in [4.78, 5) is 23.1. The molecule has 0 radical (unpaired) electrons. The first kappa shape index (κ1) is 18.7. The number of amides is 1. The number of oxime groups is 1. The molecule has 0 aliphatic rings. The number of carbonyl (C=O) groups is 2. The van der Waals surface area contributed by atoms with Gasteiger partial charge in [0.1, 0.15) is 0 Å². The first-order valence-corrected chi connectivity index (χ1v) is 7.90. The molecule has 0 bridgehead atoms. The summed E-state index contributed by atoms with van der Waals surface area (Å²) >= 11 is 0. The molecule has 1 rings (SSSR count). The molecule has 1 aromatic rings. The number of hydrogen-bond donors (Lipinski definition) is 2. The monoisotopic (exact) mass is 320 g/mol. The third kappa shape index (κ3) is 7.99. The maximum atomic E-state index is 11.7. The fraction of sp³-hybridized carbons (Fsp3) is 0.471. The number of rotatable bonds is 10. The average Bonchev–Trinajstić information content (AvgIpc) is 2.55. The molecule has 0 aromatic heterocycles. The second-order valence-corrected chi connectivity index (χ2v) is 5.10. The Balaban J connectivity index is 2.11. The number of esters is 1. The molecule has 0 unspecified atom stereocenters. The molecule has 0 saturated heterocycles. The van der Waals surface area contributed by atoms with E-state index in [0.29, 0.717) is 12.8 Å². The van der Waals surface area contributed by atoms with Gasteiger partial charge in [-0.15, -0.1) is 0 Å². The molecule has 6 heteroatoms. The van der Waals surface area contributed by atoms with Crippen molar-refractivity contribution >= 4 is 23.3 Å². The third-order valence-corrected chi connectivity index (χ3v) is 3.26. The van der Waals surface area contributed by atoms with Gasteiger partial charge in [-0.2, -0.15) is 0 Å². The van der Waals surface area contributed by atoms with Crippen molar-refractivity contribution in [2.45, 2.75) is 45.4 Å². The summed E-state index contributed by atoms with van der Waals surface area (Å²) in [5.41, 5.74) is 0.851. The van der Waals surface area contributed by atoms with Gasteiger partial charge in [0.15, 0.2) is 5.71 Å². The third-order valence-electron chi connectivity index (χ3n) is 3.26. The summed E-state index contributed by atoms with van der Waals surface area (Å²) in [6.07, 6.45) is 4.09. The standard InChI is InChI=1S/C17H24N2O4/c1-2-23-17(21)15(19-22)12-8-3-4-9-13-16(20)18-14-10-6-5-7-11-14/h5-7,10-11,22H,2-4,8-9,12-13H2,1H3,(H,18,20)/b19-15+. The number of nitrogens with zero attached hydrogens (tertiary/aromatic N) is 1. The van der Waals surface area contributed by atoms with Crippen molar-refractivity contribution in [1.82, 2.24) is 0 Å². The van der Waals surface area contributed by atoms with E-state index in [2.05, 4.69) is 10.5 Å². The Hall–Kier alpha value is -2.37. The summed E-state index contributed by atoms with van der Waals surface area (Å²) in [7, 11) is 0. The van der Waals surface area contributed by atoms with Gasteiger partial charge in [-0.1, -0.05) is 36.2 Å². The van der Waals surface area contributed by atoms with Crippen LogP contribution in [0.2, 0.25) is 0 Å². The van der Waals surface area contributed by atoms with E-state index in [-0.39, 0.29) is 18.2 Å². The van der Waals surface area contributed by atoms with Crippen LogP contribution in [0.15, 0.2) is 35.5 Å². The molecule has 126 valence electrons. The number of benzene rings is 1. The van der Waals surface area contributed by atoms with Crippen LogP contribution in [0.3, 0.4) is 0 Å². The molecule has 2 N–H and O–H groups in total. The van der Waals surface area contributed by atoms with E-state index >= 15 is 0 Å². The largest absolute Gasteiger partial charge is 0.461 e. The van der Waals surface area contributed by atoms with Crippen LogP contribution in [0.25, 0.3) is 0 Å². The maximum Gasteiger partial charge on any atom is 0.356 e. The van der Waals surface area contributed by atoms with E-state index in [1.54, 1.807) is 6.92 Å². The topological polar surface area (TPSA) is 88.0 Å². The van der Waals surface area contributed by atoms with Gasteiger partial charge in [0.05, 0.1) is 6.61 Å². The molecule has 0 heterocycles. The zero-order chi connectivity index (χ0) is 16.9. The number of carbonyl (C=O) groups excluding carboxylic acids is 2. The summed E-state index contributed by atoms with van der Waals surface area (Å²) in [6, 6.07) is 9.35. The van der Waals surface area contributed by atoms with Gasteiger partial charge >= 0.3 is 5.97 Å². The zero-order valence-corrected chi connectivity index (χ0v) is 13.5. The minimum absolute atomic E-state index is 0.000309. The van der Waals surface area contributed by atoms with Crippen molar-refractivity contribution in [2.75, 3.05) is 11.9 Å². The van der Waals surface area contributed by atoms with Gasteiger partial charge in [0, 0.05) is 18.5 Å². The number of unbranched alkanes of at least 4 members (excludes halogenated alkanes) is 3. The molecule has 0 aliphatic carbocycles. The quantitative estimate of drug-likeness (QED) is 0.227. The fourth-order valence-corrected chi connectivity index (χ4v) is 2.08. The van der Waals surface area contributed by atoms with Crippen molar-refractivity contribution < 1.29 is 19.5 Å². The molecule has 0 saturated carbocycles. The highest BCUT2D eigenvalue weighted by Gasteiger charge is 2.12. The smallest absolute Gasteiger partial charge is 0.356 e. The van der Waals surface area contributed by atoms with Gasteiger partial charge in [0.2, 0.25) is 5.91 Å². The van der Waals surface area contributed by atoms with Crippen molar-refractivity contribution in [3.63, 3.8) is 0 Å². The lowest BCUT2D eigenvalue weighted by Gasteiger charge is -2.05. The molecular formula is C17H24N2O4. The number of hydrogen-bond acceptors (Lipinski definition) is 5. The van der Waals surface area contributed by atoms with Gasteiger partial charge in [-0.05, 0) is 31.9 Å². The van der Waals surface area contributed by atoms with E-state index in [1.807, 2.05) is 30.3 Å². The Morgan fingerprint density at radius 1 is 1.09 bits per heavy atom. The Morgan fingerprint density at radius 2 is 1.74 bits per heavy atom. The minimum Gasteiger partial charge on any atom is -0.461 e. The molecule has 0 spiro atoms. The van der Waals surface area contributed by atoms with Crippen molar-refractivity contribution in [2.24, 2.45) is 5.16 Å². The lowest BCUT2D eigenvalue weighted by atomic mass is 10.1. The van der Waals surface area contributed by atoms with Crippen LogP contribution in [-0.4, -0.2) is 29.4 Å². The van der Waals surface area contributed by atoms with Crippen LogP contribution in [-0.2, 0) is 14.3 Å². The lowest BCUT2D eigenvalue weighted by molar-refractivity contribution is -0.135. The summed E-state index contributed by atoms with van der Waals surface area (Å²) in [5, 5.41) is 14.6. The van der Waals surface area contributed by atoms with Crippen LogP contribution in [0, 0.1) is 0 Å². The Bertz CT molecular complexity index is 515. The second kappa shape index (κ2) is 11.2. The van der Waals surface area contributed by atoms with Crippen molar-refractivity contribution in [3.05, 3.63) is 30.3 Å². The van der Waals surface area contributed by atoms with Crippen LogP contribution < -0.4 is 5.32 Å². The molecule has 23 heavy (non-hydrogen) atoms. The van der Waals surface area contributed by atoms with E-state index in [0.717, 1.165) is 31.4 Å². The Morgan fingerprint density at radius 3 is 2.35 bits per heavy atom. The SMILES string of the molecule is CCOC(=O)/C(CCCCCCC(=O)Nc1ccccc1)=N/O. The highest BCUT2D eigenvalue weighted by atomic mass is 16.5. The number of anilines is 1. The van der Waals surface area contributed by atoms with Crippen molar-refractivity contribution in [3.8, 4) is 0 Å². The molecule has 1 aromatic carbocycles. The second-order valence-electron chi connectivity index (χ2n) is 5.10. The lowest BCUT2D eigenvalue weighted by Crippen LogP contribution is -2.17. The molecule has 0 atom stereocenters. The normalized spacial score (nSPS) is 11.1. The number of ether oxygens (including phenoxy) is 1. The van der Waals surface area contributed by atoms with E-state index in [1.165, 1.54) is 0 Å². The van der Waals surface area contributed by atoms with Crippen LogP contribution in [0.1, 0.15) is 45.4 Å². The van der Waals surface area contributed by atoms with E-state index in [9.17, 15) is 9.59 Å². The van der Waals surface area contributed by atoms with Gasteiger partial charge < -0.3 is 15.3 Å². The maximum absolute atomic E-state index is 11.7. The zero-order valence-electron chi connectivity index (χ0n) is 13.5. The summed E-state index contributed by atoms with van der Waals surface area (Å²) in [5.74, 6) is -0.572. The summed E-state index contributed by atoms with van der Waals surface area (Å²) < 4.78 is 4.78. The highest BCUT2D eigenvalue weighted by molar-refractivity contribution is 6.36. The average molecular weight is 320 g/mol. The van der Waals surface area contributed by atoms with Crippen LogP contribution in [0.4, 0.5) is 5.69 Å².